The minimum absolute atomic E-state index is 0.0981. The zero-order valence-electron chi connectivity index (χ0n) is 15.9. The normalized spacial score (nSPS) is 24.4. The molecular weight excluding hydrogens is 396 g/mol. The molecule has 0 aliphatic carbocycles. The number of rotatable bonds is 7. The summed E-state index contributed by atoms with van der Waals surface area (Å²) in [5.74, 6) is -0.394. The summed E-state index contributed by atoms with van der Waals surface area (Å²) in [4.78, 5) is 12.2. The number of hydrogen-bond acceptors (Lipinski definition) is 6. The van der Waals surface area contributed by atoms with E-state index in [0.29, 0.717) is 5.56 Å². The topological polar surface area (TPSA) is 125 Å². The SMILES string of the molecule is Cc1ccc(S(=O)(=O)NC[C@H]2OC[C@@](O)(CNC(=O)c3ccccc3)[C@@H]2O)cc1. The molecule has 8 nitrogen and oxygen atoms in total. The Bertz CT molecular complexity index is 949. The van der Waals surface area contributed by atoms with Crippen LogP contribution in [0.25, 0.3) is 0 Å². The highest BCUT2D eigenvalue weighted by atomic mass is 32.2. The minimum atomic E-state index is -3.78. The first-order chi connectivity index (χ1) is 13.7. The van der Waals surface area contributed by atoms with Crippen molar-refractivity contribution in [2.75, 3.05) is 19.7 Å². The average Bonchev–Trinajstić information content (AvgIpc) is 3.00. The van der Waals surface area contributed by atoms with Gasteiger partial charge in [0.1, 0.15) is 17.8 Å². The molecule has 1 heterocycles. The Morgan fingerprint density at radius 1 is 1.17 bits per heavy atom. The van der Waals surface area contributed by atoms with Gasteiger partial charge in [0.05, 0.1) is 18.0 Å². The van der Waals surface area contributed by atoms with Crippen molar-refractivity contribution < 1.29 is 28.2 Å². The first kappa shape index (κ1) is 21.4. The maximum absolute atomic E-state index is 12.4. The van der Waals surface area contributed by atoms with Crippen LogP contribution >= 0.6 is 0 Å². The fourth-order valence-corrected chi connectivity index (χ4v) is 4.06. The molecule has 0 aromatic heterocycles. The van der Waals surface area contributed by atoms with E-state index in [0.717, 1.165) is 5.56 Å². The number of carbonyl (C=O) groups excluding carboxylic acids is 1. The van der Waals surface area contributed by atoms with Gasteiger partial charge in [-0.05, 0) is 31.2 Å². The van der Waals surface area contributed by atoms with E-state index >= 15 is 0 Å². The highest BCUT2D eigenvalue weighted by Gasteiger charge is 2.48. The molecule has 4 N–H and O–H groups in total. The number of benzene rings is 2. The molecule has 156 valence electrons. The number of aryl methyl sites for hydroxylation is 1. The highest BCUT2D eigenvalue weighted by Crippen LogP contribution is 2.24. The number of amides is 1. The molecule has 0 spiro atoms. The number of sulfonamides is 1. The van der Waals surface area contributed by atoms with Crippen LogP contribution in [0.2, 0.25) is 0 Å². The maximum atomic E-state index is 12.4. The second-order valence-corrected chi connectivity index (χ2v) is 8.88. The molecule has 0 bridgehead atoms. The van der Waals surface area contributed by atoms with Crippen LogP contribution in [0.3, 0.4) is 0 Å². The minimum Gasteiger partial charge on any atom is -0.387 e. The van der Waals surface area contributed by atoms with Gasteiger partial charge in [0, 0.05) is 12.1 Å². The lowest BCUT2D eigenvalue weighted by Gasteiger charge is -2.26. The molecule has 2 aromatic rings. The van der Waals surface area contributed by atoms with Crippen molar-refractivity contribution in [1.29, 1.82) is 0 Å². The van der Waals surface area contributed by atoms with Crippen LogP contribution in [0, 0.1) is 6.92 Å². The lowest BCUT2D eigenvalue weighted by molar-refractivity contribution is -0.0462. The number of hydrogen-bond donors (Lipinski definition) is 4. The fraction of sp³-hybridized carbons (Fsp3) is 0.350. The summed E-state index contributed by atoms with van der Waals surface area (Å²) < 4.78 is 32.5. The Kier molecular flexibility index (Phi) is 6.35. The Balaban J connectivity index is 1.56. The molecule has 2 aromatic carbocycles. The van der Waals surface area contributed by atoms with Crippen LogP contribution in [-0.2, 0) is 14.8 Å². The van der Waals surface area contributed by atoms with E-state index in [4.69, 9.17) is 4.74 Å². The molecule has 1 aliphatic rings. The number of carbonyl (C=O) groups is 1. The van der Waals surface area contributed by atoms with E-state index in [2.05, 4.69) is 10.0 Å². The summed E-state index contributed by atoms with van der Waals surface area (Å²) >= 11 is 0. The Morgan fingerprint density at radius 2 is 1.83 bits per heavy atom. The van der Waals surface area contributed by atoms with E-state index < -0.39 is 33.7 Å². The molecule has 0 saturated carbocycles. The third kappa shape index (κ3) is 5.01. The van der Waals surface area contributed by atoms with Crippen LogP contribution in [0.4, 0.5) is 0 Å². The zero-order valence-corrected chi connectivity index (χ0v) is 16.7. The van der Waals surface area contributed by atoms with Crippen LogP contribution in [0.5, 0.6) is 0 Å². The predicted octanol–water partition coefficient (Wildman–Crippen LogP) is 0.194. The number of nitrogens with one attached hydrogen (secondary N) is 2. The van der Waals surface area contributed by atoms with Gasteiger partial charge in [-0.2, -0.15) is 0 Å². The van der Waals surface area contributed by atoms with Crippen molar-refractivity contribution >= 4 is 15.9 Å². The van der Waals surface area contributed by atoms with Crippen LogP contribution in [0.15, 0.2) is 59.5 Å². The van der Waals surface area contributed by atoms with Gasteiger partial charge in [0.25, 0.3) is 5.91 Å². The van der Waals surface area contributed by atoms with Crippen molar-refractivity contribution in [1.82, 2.24) is 10.0 Å². The number of aliphatic hydroxyl groups excluding tert-OH is 1. The molecule has 3 atom stereocenters. The zero-order chi connectivity index (χ0) is 21.1. The smallest absolute Gasteiger partial charge is 0.251 e. The van der Waals surface area contributed by atoms with Gasteiger partial charge >= 0.3 is 0 Å². The van der Waals surface area contributed by atoms with Crippen molar-refractivity contribution in [3.8, 4) is 0 Å². The molecular formula is C20H24N2O6S. The first-order valence-electron chi connectivity index (χ1n) is 9.13. The molecule has 0 unspecified atom stereocenters. The molecule has 0 radical (unpaired) electrons. The van der Waals surface area contributed by atoms with E-state index in [9.17, 15) is 23.4 Å². The highest BCUT2D eigenvalue weighted by molar-refractivity contribution is 7.89. The van der Waals surface area contributed by atoms with Gasteiger partial charge in [-0.3, -0.25) is 4.79 Å². The summed E-state index contributed by atoms with van der Waals surface area (Å²) in [7, 11) is -3.78. The average molecular weight is 420 g/mol. The third-order valence-corrected chi connectivity index (χ3v) is 6.29. The largest absolute Gasteiger partial charge is 0.387 e. The molecule has 1 amide bonds. The molecule has 1 saturated heterocycles. The van der Waals surface area contributed by atoms with Crippen molar-refractivity contribution in [2.24, 2.45) is 0 Å². The molecule has 1 fully saturated rings. The van der Waals surface area contributed by atoms with Crippen LogP contribution in [-0.4, -0.2) is 62.0 Å². The lowest BCUT2D eigenvalue weighted by atomic mass is 9.96. The summed E-state index contributed by atoms with van der Waals surface area (Å²) in [5, 5.41) is 23.6. The van der Waals surface area contributed by atoms with E-state index in [1.165, 1.54) is 12.1 Å². The van der Waals surface area contributed by atoms with E-state index in [-0.39, 0.29) is 24.6 Å². The second kappa shape index (κ2) is 8.60. The Morgan fingerprint density at radius 3 is 2.48 bits per heavy atom. The van der Waals surface area contributed by atoms with E-state index in [1.807, 2.05) is 6.92 Å². The van der Waals surface area contributed by atoms with Crippen molar-refractivity contribution in [3.05, 3.63) is 65.7 Å². The van der Waals surface area contributed by atoms with Gasteiger partial charge in [0.2, 0.25) is 10.0 Å². The van der Waals surface area contributed by atoms with Crippen molar-refractivity contribution in [3.63, 3.8) is 0 Å². The second-order valence-electron chi connectivity index (χ2n) is 7.11. The summed E-state index contributed by atoms with van der Waals surface area (Å²) in [6, 6.07) is 14.8. The van der Waals surface area contributed by atoms with Crippen molar-refractivity contribution in [2.45, 2.75) is 29.6 Å². The number of aliphatic hydroxyl groups is 2. The molecule has 29 heavy (non-hydrogen) atoms. The van der Waals surface area contributed by atoms with Gasteiger partial charge < -0.3 is 20.3 Å². The molecule has 3 rings (SSSR count). The van der Waals surface area contributed by atoms with Gasteiger partial charge in [-0.25, -0.2) is 13.1 Å². The molecule has 9 heteroatoms. The summed E-state index contributed by atoms with van der Waals surface area (Å²) in [6.07, 6.45) is -2.33. The van der Waals surface area contributed by atoms with Gasteiger partial charge in [-0.15, -0.1) is 0 Å². The molecule has 1 aliphatic heterocycles. The maximum Gasteiger partial charge on any atom is 0.251 e. The Labute approximate surface area is 169 Å². The first-order valence-corrected chi connectivity index (χ1v) is 10.6. The lowest BCUT2D eigenvalue weighted by Crippen LogP contribution is -2.53. The van der Waals surface area contributed by atoms with E-state index in [1.54, 1.807) is 42.5 Å². The summed E-state index contributed by atoms with van der Waals surface area (Å²) in [6.45, 7) is 1.17. The van der Waals surface area contributed by atoms with Gasteiger partial charge in [0.15, 0.2) is 0 Å². The third-order valence-electron chi connectivity index (χ3n) is 4.85. The standard InChI is InChI=1S/C20H24N2O6S/c1-14-7-9-16(10-8-14)29(26,27)22-11-17-18(23)20(25,13-28-17)12-21-19(24)15-5-3-2-4-6-15/h2-10,17-18,22-23,25H,11-13H2,1H3,(H,21,24)/t17-,18-,20+/m1/s1. The quantitative estimate of drug-likeness (QED) is 0.507. The number of ether oxygens (including phenoxy) is 1. The monoisotopic (exact) mass is 420 g/mol. The van der Waals surface area contributed by atoms with Crippen LogP contribution in [0.1, 0.15) is 15.9 Å². The summed E-state index contributed by atoms with van der Waals surface area (Å²) in [5.41, 5.74) is -0.363. The van der Waals surface area contributed by atoms with Gasteiger partial charge in [-0.1, -0.05) is 35.9 Å². The predicted molar refractivity (Wildman–Crippen MR) is 106 cm³/mol. The fourth-order valence-electron chi connectivity index (χ4n) is 3.02. The van der Waals surface area contributed by atoms with Crippen LogP contribution < -0.4 is 10.0 Å². The Hall–Kier alpha value is -2.30.